The second kappa shape index (κ2) is 12.3. The van der Waals surface area contributed by atoms with Crippen LogP contribution in [0.3, 0.4) is 0 Å². The van der Waals surface area contributed by atoms with Gasteiger partial charge < -0.3 is 19.9 Å². The minimum atomic E-state index is -4.43. The van der Waals surface area contributed by atoms with E-state index in [2.05, 4.69) is 45.1 Å². The van der Waals surface area contributed by atoms with Crippen molar-refractivity contribution in [3.63, 3.8) is 0 Å². The number of piperidine rings is 1. The van der Waals surface area contributed by atoms with Gasteiger partial charge in [0.1, 0.15) is 0 Å². The average Bonchev–Trinajstić information content (AvgIpc) is 3.38. The van der Waals surface area contributed by atoms with E-state index in [0.717, 1.165) is 50.0 Å². The van der Waals surface area contributed by atoms with Crippen molar-refractivity contribution in [3.05, 3.63) is 81.4 Å². The largest absolute Gasteiger partial charge is 0.416 e. The molecule has 11 heteroatoms. The highest BCUT2D eigenvalue weighted by molar-refractivity contribution is 5.71. The summed E-state index contributed by atoms with van der Waals surface area (Å²) < 4.78 is 41.2. The molecule has 1 aliphatic rings. The summed E-state index contributed by atoms with van der Waals surface area (Å²) in [5.41, 5.74) is 2.25. The number of aryl methyl sites for hydroxylation is 3. The number of hydrogen-bond acceptors (Lipinski definition) is 6. The summed E-state index contributed by atoms with van der Waals surface area (Å²) in [5, 5.41) is 14.2. The van der Waals surface area contributed by atoms with Crippen molar-refractivity contribution in [1.29, 1.82) is 0 Å². The maximum atomic E-state index is 13.1. The lowest BCUT2D eigenvalue weighted by Gasteiger charge is -2.38. The number of nitrogens with one attached hydrogen (secondary N) is 2. The lowest BCUT2D eigenvalue weighted by Crippen LogP contribution is -2.43. The lowest BCUT2D eigenvalue weighted by atomic mass is 9.83. The Bertz CT molecular complexity index is 1590. The van der Waals surface area contributed by atoms with Crippen LogP contribution >= 0.6 is 0 Å². The van der Waals surface area contributed by atoms with Crippen molar-refractivity contribution in [3.8, 4) is 0 Å². The van der Waals surface area contributed by atoms with E-state index in [-0.39, 0.29) is 5.56 Å². The molecular weight excluding hydrogens is 545 g/mol. The van der Waals surface area contributed by atoms with Crippen LogP contribution in [0.15, 0.2) is 53.6 Å². The number of aromatic amines is 1. The SMILES string of the molecule is CCc1cc(Nc2nc3ncn(CCCCCN4CCC(O)(c5cccc(C(F)(F)F)c5)CC4)c3c(=O)[nH]2)ccc1C. The Morgan fingerprint density at radius 1 is 1.07 bits per heavy atom. The van der Waals surface area contributed by atoms with Gasteiger partial charge in [0.15, 0.2) is 11.2 Å². The van der Waals surface area contributed by atoms with Gasteiger partial charge >= 0.3 is 6.18 Å². The van der Waals surface area contributed by atoms with Crippen LogP contribution in [0.1, 0.15) is 61.3 Å². The molecule has 5 rings (SSSR count). The molecule has 0 aliphatic carbocycles. The highest BCUT2D eigenvalue weighted by Crippen LogP contribution is 2.36. The van der Waals surface area contributed by atoms with Gasteiger partial charge in [-0.2, -0.15) is 18.2 Å². The van der Waals surface area contributed by atoms with E-state index in [4.69, 9.17) is 0 Å². The van der Waals surface area contributed by atoms with Gasteiger partial charge in [-0.05, 0) is 86.5 Å². The van der Waals surface area contributed by atoms with Crippen LogP contribution in [0, 0.1) is 6.92 Å². The number of fused-ring (bicyclic) bond motifs is 1. The van der Waals surface area contributed by atoms with E-state index in [1.165, 1.54) is 17.2 Å². The molecule has 0 atom stereocenters. The molecule has 1 saturated heterocycles. The number of alkyl halides is 3. The van der Waals surface area contributed by atoms with Crippen LogP contribution in [-0.2, 0) is 24.7 Å². The number of halogens is 3. The summed E-state index contributed by atoms with van der Waals surface area (Å²) in [6.45, 7) is 6.91. The topological polar surface area (TPSA) is 99.1 Å². The Balaban J connectivity index is 1.10. The van der Waals surface area contributed by atoms with Crippen LogP contribution in [-0.4, -0.2) is 49.2 Å². The first-order chi connectivity index (χ1) is 20.1. The Morgan fingerprint density at radius 3 is 2.57 bits per heavy atom. The van der Waals surface area contributed by atoms with Crippen molar-refractivity contribution in [1.82, 2.24) is 24.4 Å². The van der Waals surface area contributed by atoms with Gasteiger partial charge in [-0.25, -0.2) is 4.98 Å². The quantitative estimate of drug-likeness (QED) is 0.201. The molecule has 0 unspecified atom stereocenters. The number of rotatable bonds is 10. The third kappa shape index (κ3) is 6.68. The molecule has 0 bridgehead atoms. The zero-order valence-electron chi connectivity index (χ0n) is 24.0. The first kappa shape index (κ1) is 29.8. The summed E-state index contributed by atoms with van der Waals surface area (Å²) in [6.07, 6.45) is 1.66. The van der Waals surface area contributed by atoms with Gasteiger partial charge in [0.2, 0.25) is 5.95 Å². The van der Waals surface area contributed by atoms with E-state index in [1.807, 2.05) is 16.7 Å². The van der Waals surface area contributed by atoms with Crippen molar-refractivity contribution in [2.24, 2.45) is 0 Å². The minimum absolute atomic E-state index is 0.246. The first-order valence-electron chi connectivity index (χ1n) is 14.5. The molecule has 42 heavy (non-hydrogen) atoms. The molecule has 2 aromatic heterocycles. The summed E-state index contributed by atoms with van der Waals surface area (Å²) in [4.78, 5) is 26.8. The molecule has 0 saturated carbocycles. The molecule has 3 heterocycles. The number of nitrogens with zero attached hydrogens (tertiary/aromatic N) is 4. The second-order valence-electron chi connectivity index (χ2n) is 11.2. The van der Waals surface area contributed by atoms with Crippen molar-refractivity contribution in [2.45, 2.75) is 70.7 Å². The Labute approximate surface area is 242 Å². The normalized spacial score (nSPS) is 15.8. The smallest absolute Gasteiger partial charge is 0.385 e. The first-order valence-corrected chi connectivity index (χ1v) is 14.5. The van der Waals surface area contributed by atoms with E-state index in [9.17, 15) is 23.1 Å². The molecule has 3 N–H and O–H groups in total. The fraction of sp³-hybridized carbons (Fsp3) is 0.452. The van der Waals surface area contributed by atoms with Crippen molar-refractivity contribution in [2.75, 3.05) is 25.0 Å². The van der Waals surface area contributed by atoms with Crippen LogP contribution in [0.5, 0.6) is 0 Å². The summed E-state index contributed by atoms with van der Waals surface area (Å²) in [6, 6.07) is 11.1. The Kier molecular flexibility index (Phi) is 8.70. The summed E-state index contributed by atoms with van der Waals surface area (Å²) in [5.74, 6) is 0.352. The number of hydrogen-bond donors (Lipinski definition) is 3. The Hall–Kier alpha value is -3.70. The van der Waals surface area contributed by atoms with E-state index < -0.39 is 17.3 Å². The second-order valence-corrected chi connectivity index (χ2v) is 11.2. The van der Waals surface area contributed by atoms with Gasteiger partial charge in [-0.1, -0.05) is 31.5 Å². The zero-order valence-corrected chi connectivity index (χ0v) is 24.0. The van der Waals surface area contributed by atoms with E-state index >= 15 is 0 Å². The molecule has 224 valence electrons. The van der Waals surface area contributed by atoms with Crippen LogP contribution in [0.2, 0.25) is 0 Å². The van der Waals surface area contributed by atoms with Crippen LogP contribution < -0.4 is 10.9 Å². The fourth-order valence-electron chi connectivity index (χ4n) is 5.70. The third-order valence-electron chi connectivity index (χ3n) is 8.26. The fourth-order valence-corrected chi connectivity index (χ4v) is 5.70. The van der Waals surface area contributed by atoms with Gasteiger partial charge in [0.25, 0.3) is 5.56 Å². The monoisotopic (exact) mass is 582 g/mol. The number of imidazole rings is 1. The number of aromatic nitrogens is 4. The number of benzene rings is 2. The van der Waals surface area contributed by atoms with Crippen molar-refractivity contribution >= 4 is 22.8 Å². The number of anilines is 2. The van der Waals surface area contributed by atoms with Crippen molar-refractivity contribution < 1.29 is 18.3 Å². The molecule has 0 radical (unpaired) electrons. The molecule has 0 spiro atoms. The molecule has 8 nitrogen and oxygen atoms in total. The molecule has 2 aromatic carbocycles. The predicted octanol–water partition coefficient (Wildman–Crippen LogP) is 5.91. The molecular formula is C31H37F3N6O2. The highest BCUT2D eigenvalue weighted by atomic mass is 19.4. The predicted molar refractivity (Wildman–Crippen MR) is 157 cm³/mol. The summed E-state index contributed by atoms with van der Waals surface area (Å²) >= 11 is 0. The van der Waals surface area contributed by atoms with Crippen LogP contribution in [0.4, 0.5) is 24.8 Å². The molecule has 1 fully saturated rings. The molecule has 4 aromatic rings. The number of unbranched alkanes of at least 4 members (excludes halogenated alkanes) is 2. The number of likely N-dealkylation sites (tertiary alicyclic amines) is 1. The maximum Gasteiger partial charge on any atom is 0.416 e. The third-order valence-corrected chi connectivity index (χ3v) is 8.26. The highest BCUT2D eigenvalue weighted by Gasteiger charge is 2.36. The number of aliphatic hydroxyl groups is 1. The zero-order chi connectivity index (χ0) is 29.9. The molecule has 1 aliphatic heterocycles. The van der Waals surface area contributed by atoms with Crippen LogP contribution in [0.25, 0.3) is 11.2 Å². The number of H-pyrrole nitrogens is 1. The summed E-state index contributed by atoms with van der Waals surface area (Å²) in [7, 11) is 0. The minimum Gasteiger partial charge on any atom is -0.385 e. The van der Waals surface area contributed by atoms with Gasteiger partial charge in [-0.15, -0.1) is 0 Å². The van der Waals surface area contributed by atoms with E-state index in [0.29, 0.717) is 55.2 Å². The maximum absolute atomic E-state index is 13.1. The lowest BCUT2D eigenvalue weighted by molar-refractivity contribution is -0.137. The average molecular weight is 583 g/mol. The van der Waals surface area contributed by atoms with E-state index in [1.54, 1.807) is 12.4 Å². The van der Waals surface area contributed by atoms with Gasteiger partial charge in [0, 0.05) is 25.3 Å². The van der Waals surface area contributed by atoms with Gasteiger partial charge in [0.05, 0.1) is 17.5 Å². The standard InChI is InChI=1S/C31H37F3N6O2/c1-3-22-18-25(11-10-21(22)2)36-29-37-27-26(28(41)38-29)40(20-35-27)15-6-4-5-14-39-16-12-30(42,13-17-39)23-8-7-9-24(19-23)31(32,33)34/h7-11,18-20,42H,3-6,12-17H2,1-2H3,(H2,36,37,38,41). The van der Waals surface area contributed by atoms with Gasteiger partial charge in [-0.3, -0.25) is 9.78 Å². The molecule has 0 amide bonds. The Morgan fingerprint density at radius 2 is 1.83 bits per heavy atom.